The Bertz CT molecular complexity index is 974. The van der Waals surface area contributed by atoms with Gasteiger partial charge in [0.1, 0.15) is 5.00 Å². The van der Waals surface area contributed by atoms with E-state index in [-0.39, 0.29) is 10.7 Å². The van der Waals surface area contributed by atoms with Gasteiger partial charge < -0.3 is 15.4 Å². The first-order valence-corrected chi connectivity index (χ1v) is 9.36. The molecule has 0 saturated carbocycles. The Labute approximate surface area is 173 Å². The maximum atomic E-state index is 13.3. The summed E-state index contributed by atoms with van der Waals surface area (Å²) in [7, 11) is 1.22. The molecule has 0 bridgehead atoms. The van der Waals surface area contributed by atoms with Crippen LogP contribution in [0.2, 0.25) is 0 Å². The smallest absolute Gasteiger partial charge is 0.418 e. The topological polar surface area (TPSA) is 93.5 Å². The van der Waals surface area contributed by atoms with Crippen molar-refractivity contribution in [3.05, 3.63) is 49.9 Å². The number of thiophene rings is 1. The van der Waals surface area contributed by atoms with Crippen molar-refractivity contribution in [1.29, 1.82) is 0 Å². The number of benzene rings is 1. The molecule has 0 aliphatic heterocycles. The number of nitro benzene ring substituents is 1. The van der Waals surface area contributed by atoms with Crippen molar-refractivity contribution in [2.75, 3.05) is 17.7 Å². The first-order chi connectivity index (χ1) is 13.5. The largest absolute Gasteiger partial charge is 0.465 e. The van der Waals surface area contributed by atoms with E-state index < -0.39 is 34.0 Å². The van der Waals surface area contributed by atoms with E-state index in [1.54, 1.807) is 6.92 Å². The average molecular weight is 447 g/mol. The number of anilines is 2. The average Bonchev–Trinajstić information content (AvgIpc) is 2.94. The predicted octanol–water partition coefficient (Wildman–Crippen LogP) is 5.14. The molecule has 2 rings (SSSR count). The number of carbonyl (C=O) groups is 1. The summed E-state index contributed by atoms with van der Waals surface area (Å²) in [5, 5.41) is 16.0. The molecule has 156 valence electrons. The van der Waals surface area contributed by atoms with Crippen LogP contribution in [-0.2, 0) is 17.3 Å². The molecule has 0 fully saturated rings. The normalized spacial score (nSPS) is 11.1. The van der Waals surface area contributed by atoms with Crippen LogP contribution in [-0.4, -0.2) is 23.1 Å². The minimum Gasteiger partial charge on any atom is -0.465 e. The van der Waals surface area contributed by atoms with Gasteiger partial charge in [-0.25, -0.2) is 4.79 Å². The van der Waals surface area contributed by atoms with E-state index in [1.165, 1.54) is 18.4 Å². The van der Waals surface area contributed by atoms with Gasteiger partial charge in [-0.1, -0.05) is 6.92 Å². The first kappa shape index (κ1) is 22.6. The van der Waals surface area contributed by atoms with Crippen LogP contribution in [0.5, 0.6) is 0 Å². The number of methoxy groups -OCH3 is 1. The molecule has 0 spiro atoms. The Balaban J connectivity index is 2.35. The third-order valence-electron chi connectivity index (χ3n) is 3.95. The van der Waals surface area contributed by atoms with E-state index in [0.717, 1.165) is 22.6 Å². The minimum absolute atomic E-state index is 0.210. The van der Waals surface area contributed by atoms with Crippen LogP contribution in [0.15, 0.2) is 18.2 Å². The predicted molar refractivity (Wildman–Crippen MR) is 108 cm³/mol. The maximum Gasteiger partial charge on any atom is 0.418 e. The molecule has 12 heteroatoms. The summed E-state index contributed by atoms with van der Waals surface area (Å²) in [5.74, 6) is -0.595. The van der Waals surface area contributed by atoms with Gasteiger partial charge in [0.15, 0.2) is 5.11 Å². The van der Waals surface area contributed by atoms with Gasteiger partial charge in [0, 0.05) is 17.0 Å². The van der Waals surface area contributed by atoms with Crippen molar-refractivity contribution >= 4 is 51.0 Å². The second kappa shape index (κ2) is 8.74. The number of alkyl halides is 3. The van der Waals surface area contributed by atoms with Crippen LogP contribution in [0.25, 0.3) is 0 Å². The van der Waals surface area contributed by atoms with E-state index in [2.05, 4.69) is 10.6 Å². The van der Waals surface area contributed by atoms with Crippen molar-refractivity contribution in [2.45, 2.75) is 26.4 Å². The van der Waals surface area contributed by atoms with Crippen LogP contribution < -0.4 is 10.6 Å². The third kappa shape index (κ3) is 5.01. The molecular formula is C17H16F3N3O4S2. The standard InChI is InChI=1S/C17H16F3N3O4S2/c1-4-10-8(2)29-14(13(10)15(24)27-3)22-16(28)21-12-6-5-9(23(25)26)7-11(12)17(18,19)20/h5-7H,4H2,1-3H3,(H2,21,22,28). The van der Waals surface area contributed by atoms with Gasteiger partial charge >= 0.3 is 12.1 Å². The second-order valence-corrected chi connectivity index (χ2v) is 7.38. The lowest BCUT2D eigenvalue weighted by Gasteiger charge is -2.16. The van der Waals surface area contributed by atoms with Gasteiger partial charge in [-0.15, -0.1) is 11.3 Å². The number of nitrogens with zero attached hydrogens (tertiary/aromatic N) is 1. The second-order valence-electron chi connectivity index (χ2n) is 5.75. The zero-order valence-electron chi connectivity index (χ0n) is 15.5. The van der Waals surface area contributed by atoms with Gasteiger partial charge in [0.2, 0.25) is 0 Å². The van der Waals surface area contributed by atoms with Gasteiger partial charge in [0.05, 0.1) is 28.8 Å². The number of ether oxygens (including phenoxy) is 1. The fraction of sp³-hybridized carbons (Fsp3) is 0.294. The highest BCUT2D eigenvalue weighted by molar-refractivity contribution is 7.80. The molecule has 0 radical (unpaired) electrons. The summed E-state index contributed by atoms with van der Waals surface area (Å²) in [6.45, 7) is 3.66. The molecule has 0 amide bonds. The monoisotopic (exact) mass is 447 g/mol. The molecule has 0 aliphatic rings. The molecule has 1 aromatic carbocycles. The lowest BCUT2D eigenvalue weighted by Crippen LogP contribution is -2.22. The third-order valence-corrected chi connectivity index (χ3v) is 5.21. The van der Waals surface area contributed by atoms with Gasteiger partial charge in [-0.05, 0) is 37.2 Å². The van der Waals surface area contributed by atoms with Crippen molar-refractivity contribution in [2.24, 2.45) is 0 Å². The molecular weight excluding hydrogens is 431 g/mol. The van der Waals surface area contributed by atoms with E-state index in [1.807, 2.05) is 6.92 Å². The Kier molecular flexibility index (Phi) is 6.80. The Morgan fingerprint density at radius 3 is 2.52 bits per heavy atom. The number of aryl methyl sites for hydroxylation is 1. The van der Waals surface area contributed by atoms with Crippen LogP contribution in [0, 0.1) is 17.0 Å². The number of nitrogens with one attached hydrogen (secondary N) is 2. The number of rotatable bonds is 5. The lowest BCUT2D eigenvalue weighted by atomic mass is 10.1. The van der Waals surface area contributed by atoms with Crippen LogP contribution >= 0.6 is 23.6 Å². The van der Waals surface area contributed by atoms with E-state index in [4.69, 9.17) is 17.0 Å². The quantitative estimate of drug-likeness (QED) is 0.284. The summed E-state index contributed by atoms with van der Waals surface area (Å²) in [4.78, 5) is 22.8. The lowest BCUT2D eigenvalue weighted by molar-refractivity contribution is -0.385. The van der Waals surface area contributed by atoms with E-state index >= 15 is 0 Å². The van der Waals surface area contributed by atoms with Crippen molar-refractivity contribution in [3.63, 3.8) is 0 Å². The zero-order valence-corrected chi connectivity index (χ0v) is 17.1. The molecule has 0 atom stereocenters. The van der Waals surface area contributed by atoms with Crippen LogP contribution in [0.3, 0.4) is 0 Å². The maximum absolute atomic E-state index is 13.3. The Hall–Kier alpha value is -2.73. The number of hydrogen-bond acceptors (Lipinski definition) is 6. The van der Waals surface area contributed by atoms with Crippen LogP contribution in [0.4, 0.5) is 29.5 Å². The van der Waals surface area contributed by atoms with Gasteiger partial charge in [-0.3, -0.25) is 10.1 Å². The molecule has 2 aromatic rings. The molecule has 1 aromatic heterocycles. The van der Waals surface area contributed by atoms with Gasteiger partial charge in [0.25, 0.3) is 5.69 Å². The molecule has 29 heavy (non-hydrogen) atoms. The first-order valence-electron chi connectivity index (χ1n) is 8.13. The number of carbonyl (C=O) groups excluding carboxylic acids is 1. The summed E-state index contributed by atoms with van der Waals surface area (Å²) in [6.07, 6.45) is -4.29. The van der Waals surface area contributed by atoms with Crippen molar-refractivity contribution < 1.29 is 27.6 Å². The van der Waals surface area contributed by atoms with Gasteiger partial charge in [-0.2, -0.15) is 13.2 Å². The molecule has 0 aliphatic carbocycles. The van der Waals surface area contributed by atoms with E-state index in [9.17, 15) is 28.1 Å². The number of hydrogen-bond donors (Lipinski definition) is 2. The molecule has 0 saturated heterocycles. The summed E-state index contributed by atoms with van der Waals surface area (Å²) in [5.41, 5.74) is -1.37. The van der Waals surface area contributed by atoms with Crippen molar-refractivity contribution in [1.82, 2.24) is 0 Å². The fourth-order valence-corrected chi connectivity index (χ4v) is 4.07. The number of esters is 1. The summed E-state index contributed by atoms with van der Waals surface area (Å²) in [6, 6.07) is 2.28. The number of halogens is 3. The highest BCUT2D eigenvalue weighted by Gasteiger charge is 2.35. The molecule has 0 unspecified atom stereocenters. The zero-order chi connectivity index (χ0) is 21.9. The molecule has 2 N–H and O–H groups in total. The van der Waals surface area contributed by atoms with E-state index in [0.29, 0.717) is 17.5 Å². The molecule has 7 nitrogen and oxygen atoms in total. The number of nitro groups is 1. The SMILES string of the molecule is CCc1c(C)sc(NC(=S)Nc2ccc([N+](=O)[O-])cc2C(F)(F)F)c1C(=O)OC. The highest BCUT2D eigenvalue weighted by Crippen LogP contribution is 2.38. The Morgan fingerprint density at radius 1 is 1.34 bits per heavy atom. The summed E-state index contributed by atoms with van der Waals surface area (Å²) < 4.78 is 44.7. The van der Waals surface area contributed by atoms with Crippen LogP contribution in [0.1, 0.15) is 33.3 Å². The highest BCUT2D eigenvalue weighted by atomic mass is 32.1. The number of thiocarbonyl (C=S) groups is 1. The van der Waals surface area contributed by atoms with Crippen molar-refractivity contribution in [3.8, 4) is 0 Å². The molecule has 1 heterocycles. The minimum atomic E-state index is -4.84. The summed E-state index contributed by atoms with van der Waals surface area (Å²) >= 11 is 6.30. The fourth-order valence-electron chi connectivity index (χ4n) is 2.66. The Morgan fingerprint density at radius 2 is 2.00 bits per heavy atom. The number of non-ortho nitro benzene ring substituents is 1.